The average Bonchev–Trinajstić information content (AvgIpc) is 2.50. The van der Waals surface area contributed by atoms with E-state index < -0.39 is 11.5 Å². The summed E-state index contributed by atoms with van der Waals surface area (Å²) in [6.45, 7) is 4.42. The van der Waals surface area contributed by atoms with Crippen LogP contribution in [0.4, 0.5) is 5.69 Å². The first-order chi connectivity index (χ1) is 10.5. The van der Waals surface area contributed by atoms with Crippen molar-refractivity contribution < 1.29 is 14.3 Å². The molecular weight excluding hydrogens is 286 g/mol. The number of aryl methyl sites for hydroxylation is 2. The van der Waals surface area contributed by atoms with Gasteiger partial charge in [-0.15, -0.1) is 0 Å². The highest BCUT2D eigenvalue weighted by atomic mass is 16.6. The number of nitrogens with one attached hydrogen (secondary N) is 2. The minimum atomic E-state index is -0.568. The molecule has 1 amide bonds. The Hall–Kier alpha value is -2.83. The lowest BCUT2D eigenvalue weighted by atomic mass is 10.2. The third kappa shape index (κ3) is 2.65. The van der Waals surface area contributed by atoms with Crippen molar-refractivity contribution in [2.45, 2.75) is 13.8 Å². The molecule has 2 N–H and O–H groups in total. The summed E-state index contributed by atoms with van der Waals surface area (Å²) < 4.78 is 10.9. The maximum Gasteiger partial charge on any atom is 0.280 e. The van der Waals surface area contributed by atoms with Gasteiger partial charge >= 0.3 is 0 Å². The van der Waals surface area contributed by atoms with Crippen LogP contribution in [-0.2, 0) is 0 Å². The van der Waals surface area contributed by atoms with Gasteiger partial charge in [-0.25, -0.2) is 4.98 Å². The largest absolute Gasteiger partial charge is 0.486 e. The number of hydrogen-bond acceptors (Lipinski definition) is 5. The molecule has 2 aromatic rings. The molecule has 0 fully saturated rings. The highest BCUT2D eigenvalue weighted by molar-refractivity contribution is 6.02. The van der Waals surface area contributed by atoms with Gasteiger partial charge in [0.25, 0.3) is 11.5 Å². The number of benzene rings is 1. The molecule has 0 bridgehead atoms. The summed E-state index contributed by atoms with van der Waals surface area (Å²) in [6.07, 6.45) is 0. The number of rotatable bonds is 2. The first-order valence-electron chi connectivity index (χ1n) is 6.83. The molecule has 0 spiro atoms. The topological polar surface area (TPSA) is 93.3 Å². The molecule has 1 aromatic carbocycles. The molecule has 7 heteroatoms. The average molecular weight is 301 g/mol. The van der Waals surface area contributed by atoms with Crippen LogP contribution in [0.5, 0.6) is 11.5 Å². The summed E-state index contributed by atoms with van der Waals surface area (Å²) >= 11 is 0. The zero-order chi connectivity index (χ0) is 15.7. The van der Waals surface area contributed by atoms with E-state index in [1.807, 2.05) is 0 Å². The van der Waals surface area contributed by atoms with Crippen molar-refractivity contribution in [2.24, 2.45) is 0 Å². The normalized spacial score (nSPS) is 12.8. The summed E-state index contributed by atoms with van der Waals surface area (Å²) in [7, 11) is 0. The van der Waals surface area contributed by atoms with E-state index in [1.54, 1.807) is 32.0 Å². The fourth-order valence-corrected chi connectivity index (χ4v) is 2.09. The number of carbonyl (C=O) groups is 1. The summed E-state index contributed by atoms with van der Waals surface area (Å²) in [5.74, 6) is 0.624. The highest BCUT2D eigenvalue weighted by Gasteiger charge is 2.16. The zero-order valence-electron chi connectivity index (χ0n) is 12.2. The fraction of sp³-hybridized carbons (Fsp3) is 0.267. The molecule has 1 aliphatic rings. The molecule has 0 unspecified atom stereocenters. The molecule has 0 aliphatic carbocycles. The Morgan fingerprint density at radius 3 is 2.73 bits per heavy atom. The van der Waals surface area contributed by atoms with Gasteiger partial charge in [0.1, 0.15) is 13.2 Å². The van der Waals surface area contributed by atoms with Gasteiger partial charge in [0, 0.05) is 17.4 Å². The van der Waals surface area contributed by atoms with Gasteiger partial charge in [-0.2, -0.15) is 0 Å². The molecule has 0 radical (unpaired) electrons. The monoisotopic (exact) mass is 301 g/mol. The van der Waals surface area contributed by atoms with Gasteiger partial charge in [0.05, 0.1) is 5.69 Å². The van der Waals surface area contributed by atoms with Gasteiger partial charge in [0.2, 0.25) is 0 Å². The van der Waals surface area contributed by atoms with Crippen molar-refractivity contribution in [3.63, 3.8) is 0 Å². The second kappa shape index (κ2) is 5.51. The molecule has 22 heavy (non-hydrogen) atoms. The number of anilines is 1. The number of aromatic nitrogens is 2. The Kier molecular flexibility index (Phi) is 3.54. The first-order valence-corrected chi connectivity index (χ1v) is 6.83. The van der Waals surface area contributed by atoms with E-state index in [4.69, 9.17) is 9.47 Å². The fourth-order valence-electron chi connectivity index (χ4n) is 2.09. The van der Waals surface area contributed by atoms with E-state index in [0.717, 1.165) is 0 Å². The summed E-state index contributed by atoms with van der Waals surface area (Å²) in [6, 6.07) is 5.05. The lowest BCUT2D eigenvalue weighted by molar-refractivity contribution is 0.102. The molecule has 7 nitrogen and oxygen atoms in total. The van der Waals surface area contributed by atoms with Gasteiger partial charge in [-0.3, -0.25) is 9.59 Å². The van der Waals surface area contributed by atoms with Gasteiger partial charge in [-0.1, -0.05) is 0 Å². The van der Waals surface area contributed by atoms with Gasteiger partial charge in [0.15, 0.2) is 17.2 Å². The molecule has 0 saturated heterocycles. The maximum atomic E-state index is 12.2. The predicted octanol–water partition coefficient (Wildman–Crippen LogP) is 1.41. The minimum absolute atomic E-state index is 0.169. The van der Waals surface area contributed by atoms with Crippen molar-refractivity contribution in [1.82, 2.24) is 9.97 Å². The smallest absolute Gasteiger partial charge is 0.280 e. The Bertz CT molecular complexity index is 798. The lowest BCUT2D eigenvalue weighted by Gasteiger charge is -2.18. The Morgan fingerprint density at radius 2 is 1.95 bits per heavy atom. The van der Waals surface area contributed by atoms with Crippen LogP contribution in [0.15, 0.2) is 23.0 Å². The predicted molar refractivity (Wildman–Crippen MR) is 79.7 cm³/mol. The van der Waals surface area contributed by atoms with Crippen LogP contribution in [0.25, 0.3) is 0 Å². The standard InChI is InChI=1S/C15H15N3O4/c1-8-9(2)17-14(19)13(16-8)15(20)18-10-3-4-11-12(7-10)22-6-5-21-11/h3-4,7H,5-6H2,1-2H3,(H,17,19)(H,18,20). The first kappa shape index (κ1) is 14.1. The van der Waals surface area contributed by atoms with E-state index >= 15 is 0 Å². The molecule has 2 heterocycles. The number of carbonyl (C=O) groups excluding carboxylic acids is 1. The Morgan fingerprint density at radius 1 is 1.23 bits per heavy atom. The van der Waals surface area contributed by atoms with Crippen LogP contribution >= 0.6 is 0 Å². The summed E-state index contributed by atoms with van der Waals surface area (Å²) in [5, 5.41) is 2.64. The van der Waals surface area contributed by atoms with E-state index in [0.29, 0.717) is 41.8 Å². The van der Waals surface area contributed by atoms with Crippen molar-refractivity contribution in [2.75, 3.05) is 18.5 Å². The van der Waals surface area contributed by atoms with Gasteiger partial charge in [-0.05, 0) is 26.0 Å². The molecule has 1 aliphatic heterocycles. The van der Waals surface area contributed by atoms with Crippen molar-refractivity contribution in [1.29, 1.82) is 0 Å². The number of amides is 1. The van der Waals surface area contributed by atoms with Crippen molar-refractivity contribution in [3.05, 3.63) is 45.6 Å². The number of fused-ring (bicyclic) bond motifs is 1. The van der Waals surface area contributed by atoms with Crippen molar-refractivity contribution >= 4 is 11.6 Å². The maximum absolute atomic E-state index is 12.2. The number of H-pyrrole nitrogens is 1. The van der Waals surface area contributed by atoms with Crippen LogP contribution in [0.1, 0.15) is 21.9 Å². The van der Waals surface area contributed by atoms with Gasteiger partial charge < -0.3 is 19.8 Å². The lowest BCUT2D eigenvalue weighted by Crippen LogP contribution is -2.26. The third-order valence-corrected chi connectivity index (χ3v) is 3.35. The minimum Gasteiger partial charge on any atom is -0.486 e. The van der Waals surface area contributed by atoms with Crippen LogP contribution in [0, 0.1) is 13.8 Å². The molecule has 0 saturated carbocycles. The molecule has 1 aromatic heterocycles. The zero-order valence-corrected chi connectivity index (χ0v) is 12.2. The molecule has 0 atom stereocenters. The number of nitrogens with zero attached hydrogens (tertiary/aromatic N) is 1. The molecule has 3 rings (SSSR count). The second-order valence-corrected chi connectivity index (χ2v) is 4.94. The van der Waals surface area contributed by atoms with Crippen LogP contribution in [-0.4, -0.2) is 29.1 Å². The summed E-state index contributed by atoms with van der Waals surface area (Å²) in [5.41, 5.74) is 1.07. The molecular formula is C15H15N3O4. The SMILES string of the molecule is Cc1nc(C(=O)Nc2ccc3c(c2)OCCO3)c(=O)[nH]c1C. The summed E-state index contributed by atoms with van der Waals surface area (Å²) in [4.78, 5) is 30.7. The van der Waals surface area contributed by atoms with Crippen LogP contribution in [0.2, 0.25) is 0 Å². The number of hydrogen-bond donors (Lipinski definition) is 2. The van der Waals surface area contributed by atoms with E-state index in [-0.39, 0.29) is 5.69 Å². The highest BCUT2D eigenvalue weighted by Crippen LogP contribution is 2.32. The molecule has 114 valence electrons. The number of ether oxygens (including phenoxy) is 2. The quantitative estimate of drug-likeness (QED) is 0.874. The Labute approximate surface area is 126 Å². The van der Waals surface area contributed by atoms with Crippen molar-refractivity contribution in [3.8, 4) is 11.5 Å². The number of aromatic amines is 1. The van der Waals surface area contributed by atoms with Crippen LogP contribution < -0.4 is 20.3 Å². The third-order valence-electron chi connectivity index (χ3n) is 3.35. The van der Waals surface area contributed by atoms with Crippen LogP contribution in [0.3, 0.4) is 0 Å². The van der Waals surface area contributed by atoms with E-state index in [9.17, 15) is 9.59 Å². The van der Waals surface area contributed by atoms with E-state index in [2.05, 4.69) is 15.3 Å². The van der Waals surface area contributed by atoms with E-state index in [1.165, 1.54) is 0 Å². The second-order valence-electron chi connectivity index (χ2n) is 4.94. The Balaban J connectivity index is 1.85.